The maximum Gasteiger partial charge on any atom is 0.311 e. The average molecular weight is 343 g/mol. The van der Waals surface area contributed by atoms with Gasteiger partial charge < -0.3 is 16.2 Å². The Hall–Kier alpha value is -1.56. The van der Waals surface area contributed by atoms with E-state index < -0.39 is 17.3 Å². The number of carboxylic acids is 1. The van der Waals surface area contributed by atoms with E-state index in [4.69, 9.17) is 5.73 Å². The SMILES string of the molecule is CCC(CC)(CNc1ccc(Br)cc1C(N)=O)C(=O)O. The number of primary amides is 1. The van der Waals surface area contributed by atoms with Crippen LogP contribution in [-0.2, 0) is 4.79 Å². The molecule has 110 valence electrons. The van der Waals surface area contributed by atoms with Gasteiger partial charge in [-0.2, -0.15) is 0 Å². The third-order valence-electron chi connectivity index (χ3n) is 3.67. The van der Waals surface area contributed by atoms with Crippen molar-refractivity contribution in [1.29, 1.82) is 0 Å². The van der Waals surface area contributed by atoms with Crippen LogP contribution < -0.4 is 11.1 Å². The van der Waals surface area contributed by atoms with E-state index in [1.54, 1.807) is 18.2 Å². The highest BCUT2D eigenvalue weighted by Crippen LogP contribution is 2.28. The summed E-state index contributed by atoms with van der Waals surface area (Å²) in [5, 5.41) is 12.4. The molecule has 0 saturated heterocycles. The van der Waals surface area contributed by atoms with Crippen molar-refractivity contribution in [2.24, 2.45) is 11.1 Å². The molecule has 0 unspecified atom stereocenters. The highest BCUT2D eigenvalue weighted by molar-refractivity contribution is 9.10. The van der Waals surface area contributed by atoms with E-state index in [2.05, 4.69) is 21.2 Å². The van der Waals surface area contributed by atoms with E-state index in [0.29, 0.717) is 24.1 Å². The van der Waals surface area contributed by atoms with Crippen molar-refractivity contribution in [3.05, 3.63) is 28.2 Å². The lowest BCUT2D eigenvalue weighted by Gasteiger charge is -2.27. The molecular weight excluding hydrogens is 324 g/mol. The third-order valence-corrected chi connectivity index (χ3v) is 4.16. The largest absolute Gasteiger partial charge is 0.481 e. The number of rotatable bonds is 7. The fourth-order valence-electron chi connectivity index (χ4n) is 2.02. The van der Waals surface area contributed by atoms with Crippen molar-refractivity contribution in [2.45, 2.75) is 26.7 Å². The summed E-state index contributed by atoms with van der Waals surface area (Å²) in [6.07, 6.45) is 1.02. The van der Waals surface area contributed by atoms with Crippen LogP contribution in [0.2, 0.25) is 0 Å². The maximum atomic E-state index is 11.4. The highest BCUT2D eigenvalue weighted by atomic mass is 79.9. The van der Waals surface area contributed by atoms with Crippen LogP contribution in [0.25, 0.3) is 0 Å². The fraction of sp³-hybridized carbons (Fsp3) is 0.429. The van der Waals surface area contributed by atoms with Crippen molar-refractivity contribution < 1.29 is 14.7 Å². The molecule has 0 saturated carbocycles. The number of anilines is 1. The van der Waals surface area contributed by atoms with Gasteiger partial charge in [0.15, 0.2) is 0 Å². The van der Waals surface area contributed by atoms with Gasteiger partial charge in [-0.05, 0) is 31.0 Å². The molecule has 1 aromatic carbocycles. The van der Waals surface area contributed by atoms with Crippen LogP contribution >= 0.6 is 15.9 Å². The molecule has 0 atom stereocenters. The molecule has 0 aromatic heterocycles. The fourth-order valence-corrected chi connectivity index (χ4v) is 2.38. The summed E-state index contributed by atoms with van der Waals surface area (Å²) >= 11 is 3.28. The predicted octanol–water partition coefficient (Wildman–Crippen LogP) is 2.85. The first kappa shape index (κ1) is 16.5. The van der Waals surface area contributed by atoms with Gasteiger partial charge in [-0.25, -0.2) is 0 Å². The number of halogens is 1. The standard InChI is InChI=1S/C14H19BrN2O3/c1-3-14(4-2,13(19)20)8-17-11-6-5-9(15)7-10(11)12(16)18/h5-7,17H,3-4,8H2,1-2H3,(H2,16,18)(H,19,20). The normalized spacial score (nSPS) is 11.2. The lowest BCUT2D eigenvalue weighted by molar-refractivity contribution is -0.148. The first-order valence-electron chi connectivity index (χ1n) is 6.43. The van der Waals surface area contributed by atoms with Gasteiger partial charge in [0.05, 0.1) is 11.0 Å². The molecule has 0 aliphatic heterocycles. The zero-order valence-corrected chi connectivity index (χ0v) is 13.2. The molecule has 0 radical (unpaired) electrons. The molecule has 0 aliphatic carbocycles. The molecule has 4 N–H and O–H groups in total. The second-order valence-electron chi connectivity index (χ2n) is 4.70. The molecule has 0 spiro atoms. The Bertz CT molecular complexity index is 513. The smallest absolute Gasteiger partial charge is 0.311 e. The van der Waals surface area contributed by atoms with Crippen LogP contribution in [0.5, 0.6) is 0 Å². The van der Waals surface area contributed by atoms with Crippen LogP contribution in [0.1, 0.15) is 37.0 Å². The quantitative estimate of drug-likeness (QED) is 0.710. The summed E-state index contributed by atoms with van der Waals surface area (Å²) in [5.74, 6) is -1.39. The van der Waals surface area contributed by atoms with Crippen LogP contribution in [-0.4, -0.2) is 23.5 Å². The van der Waals surface area contributed by atoms with Crippen molar-refractivity contribution in [3.63, 3.8) is 0 Å². The number of aliphatic carboxylic acids is 1. The number of carbonyl (C=O) groups is 2. The number of hydrogen-bond donors (Lipinski definition) is 3. The van der Waals surface area contributed by atoms with Gasteiger partial charge in [0.2, 0.25) is 0 Å². The first-order valence-corrected chi connectivity index (χ1v) is 7.22. The summed E-state index contributed by atoms with van der Waals surface area (Å²) in [6.45, 7) is 3.93. The Morgan fingerprint density at radius 1 is 1.35 bits per heavy atom. The van der Waals surface area contributed by atoms with E-state index in [1.807, 2.05) is 13.8 Å². The summed E-state index contributed by atoms with van der Waals surface area (Å²) < 4.78 is 0.743. The second kappa shape index (κ2) is 6.74. The van der Waals surface area contributed by atoms with Gasteiger partial charge in [0.25, 0.3) is 5.91 Å². The minimum Gasteiger partial charge on any atom is -0.481 e. The van der Waals surface area contributed by atoms with Crippen LogP contribution in [0, 0.1) is 5.41 Å². The molecular formula is C14H19BrN2O3. The molecule has 0 bridgehead atoms. The maximum absolute atomic E-state index is 11.4. The van der Waals surface area contributed by atoms with Crippen LogP contribution in [0.3, 0.4) is 0 Å². The topological polar surface area (TPSA) is 92.4 Å². The van der Waals surface area contributed by atoms with Crippen molar-refractivity contribution in [2.75, 3.05) is 11.9 Å². The minimum atomic E-state index is -0.845. The lowest BCUT2D eigenvalue weighted by atomic mass is 9.82. The number of benzene rings is 1. The first-order chi connectivity index (χ1) is 9.36. The number of nitrogens with two attached hydrogens (primary N) is 1. The second-order valence-corrected chi connectivity index (χ2v) is 5.62. The van der Waals surface area contributed by atoms with Gasteiger partial charge in [0, 0.05) is 16.7 Å². The van der Waals surface area contributed by atoms with E-state index in [1.165, 1.54) is 0 Å². The zero-order chi connectivity index (χ0) is 15.3. The number of hydrogen-bond acceptors (Lipinski definition) is 3. The summed E-state index contributed by atoms with van der Waals surface area (Å²) in [4.78, 5) is 22.9. The number of carbonyl (C=O) groups excluding carboxylic acids is 1. The van der Waals surface area contributed by atoms with Crippen molar-refractivity contribution in [3.8, 4) is 0 Å². The van der Waals surface area contributed by atoms with Gasteiger partial charge >= 0.3 is 5.97 Å². The van der Waals surface area contributed by atoms with Crippen molar-refractivity contribution >= 4 is 33.5 Å². The number of nitrogens with one attached hydrogen (secondary N) is 1. The van der Waals surface area contributed by atoms with Crippen LogP contribution in [0.4, 0.5) is 5.69 Å². The molecule has 1 aromatic rings. The Morgan fingerprint density at radius 2 is 1.95 bits per heavy atom. The van der Waals surface area contributed by atoms with Gasteiger partial charge in [-0.15, -0.1) is 0 Å². The molecule has 1 amide bonds. The summed E-state index contributed by atoms with van der Waals surface area (Å²) in [5.41, 5.74) is 5.37. The molecule has 6 heteroatoms. The molecule has 5 nitrogen and oxygen atoms in total. The summed E-state index contributed by atoms with van der Waals surface area (Å²) in [7, 11) is 0. The molecule has 1 rings (SSSR count). The van der Waals surface area contributed by atoms with E-state index in [9.17, 15) is 14.7 Å². The van der Waals surface area contributed by atoms with Gasteiger partial charge in [-0.3, -0.25) is 9.59 Å². The van der Waals surface area contributed by atoms with E-state index in [-0.39, 0.29) is 6.54 Å². The van der Waals surface area contributed by atoms with Gasteiger partial charge in [0.1, 0.15) is 0 Å². The zero-order valence-electron chi connectivity index (χ0n) is 11.6. The Morgan fingerprint density at radius 3 is 2.40 bits per heavy atom. The van der Waals surface area contributed by atoms with E-state index in [0.717, 1.165) is 4.47 Å². The lowest BCUT2D eigenvalue weighted by Crippen LogP contribution is -2.37. The average Bonchev–Trinajstić information content (AvgIpc) is 2.41. The predicted molar refractivity (Wildman–Crippen MR) is 81.8 cm³/mol. The van der Waals surface area contributed by atoms with Crippen LogP contribution in [0.15, 0.2) is 22.7 Å². The molecule has 20 heavy (non-hydrogen) atoms. The number of carboxylic acid groups (broad SMARTS) is 1. The van der Waals surface area contributed by atoms with Gasteiger partial charge in [-0.1, -0.05) is 29.8 Å². The highest BCUT2D eigenvalue weighted by Gasteiger charge is 2.34. The Balaban J connectivity index is 2.99. The van der Waals surface area contributed by atoms with Crippen molar-refractivity contribution in [1.82, 2.24) is 0 Å². The minimum absolute atomic E-state index is 0.247. The number of amides is 1. The summed E-state index contributed by atoms with van der Waals surface area (Å²) in [6, 6.07) is 5.10. The Kier molecular flexibility index (Phi) is 5.56. The third kappa shape index (κ3) is 3.50. The molecule has 0 fully saturated rings. The Labute approximate surface area is 126 Å². The van der Waals surface area contributed by atoms with E-state index >= 15 is 0 Å². The molecule has 0 heterocycles. The monoisotopic (exact) mass is 342 g/mol. The molecule has 0 aliphatic rings.